The molecular weight excluding hydrogens is 228 g/mol. The molecule has 0 spiro atoms. The van der Waals surface area contributed by atoms with Crippen LogP contribution in [-0.2, 0) is 11.3 Å². The summed E-state index contributed by atoms with van der Waals surface area (Å²) in [6.07, 6.45) is 5.55. The highest BCUT2D eigenvalue weighted by Gasteiger charge is 2.11. The highest BCUT2D eigenvalue weighted by atomic mass is 16.5. The SMILES string of the molecule is COc1ccc(CN2C=CC=C(C(N)=O)C2)cc1. The highest BCUT2D eigenvalue weighted by Crippen LogP contribution is 2.15. The molecule has 18 heavy (non-hydrogen) atoms. The maximum absolute atomic E-state index is 11.1. The molecule has 0 aromatic heterocycles. The number of nitrogens with zero attached hydrogens (tertiary/aromatic N) is 1. The zero-order valence-electron chi connectivity index (χ0n) is 10.3. The van der Waals surface area contributed by atoms with Gasteiger partial charge in [-0.25, -0.2) is 0 Å². The van der Waals surface area contributed by atoms with Gasteiger partial charge < -0.3 is 15.4 Å². The molecule has 0 radical (unpaired) electrons. The van der Waals surface area contributed by atoms with E-state index in [1.54, 1.807) is 13.2 Å². The molecule has 2 rings (SSSR count). The molecule has 0 saturated carbocycles. The monoisotopic (exact) mass is 244 g/mol. The molecule has 94 valence electrons. The lowest BCUT2D eigenvalue weighted by molar-refractivity contribution is -0.114. The van der Waals surface area contributed by atoms with Gasteiger partial charge in [-0.1, -0.05) is 18.2 Å². The van der Waals surface area contributed by atoms with Gasteiger partial charge in [-0.05, 0) is 30.0 Å². The van der Waals surface area contributed by atoms with Crippen LogP contribution < -0.4 is 10.5 Å². The van der Waals surface area contributed by atoms with Gasteiger partial charge in [0.25, 0.3) is 0 Å². The number of amides is 1. The topological polar surface area (TPSA) is 55.6 Å². The van der Waals surface area contributed by atoms with Crippen molar-refractivity contribution >= 4 is 5.91 Å². The van der Waals surface area contributed by atoms with Gasteiger partial charge in [-0.15, -0.1) is 0 Å². The minimum Gasteiger partial charge on any atom is -0.497 e. The van der Waals surface area contributed by atoms with E-state index in [0.29, 0.717) is 12.1 Å². The smallest absolute Gasteiger partial charge is 0.246 e. The van der Waals surface area contributed by atoms with Crippen LogP contribution in [0.1, 0.15) is 5.56 Å². The molecule has 1 aromatic carbocycles. The van der Waals surface area contributed by atoms with Gasteiger partial charge in [0.1, 0.15) is 5.75 Å². The molecule has 0 fully saturated rings. The lowest BCUT2D eigenvalue weighted by atomic mass is 10.1. The van der Waals surface area contributed by atoms with Crippen molar-refractivity contribution in [2.45, 2.75) is 6.54 Å². The fourth-order valence-corrected chi connectivity index (χ4v) is 1.84. The maximum atomic E-state index is 11.1. The van der Waals surface area contributed by atoms with Gasteiger partial charge in [0.05, 0.1) is 7.11 Å². The fourth-order valence-electron chi connectivity index (χ4n) is 1.84. The Morgan fingerprint density at radius 1 is 1.39 bits per heavy atom. The molecule has 0 saturated heterocycles. The number of nitrogens with two attached hydrogens (primary N) is 1. The molecule has 4 nitrogen and oxygen atoms in total. The Hall–Kier alpha value is -2.23. The van der Waals surface area contributed by atoms with Crippen molar-refractivity contribution in [2.24, 2.45) is 5.73 Å². The van der Waals surface area contributed by atoms with Crippen LogP contribution in [-0.4, -0.2) is 24.5 Å². The first-order chi connectivity index (χ1) is 8.69. The van der Waals surface area contributed by atoms with E-state index in [1.165, 1.54) is 0 Å². The second-order valence-electron chi connectivity index (χ2n) is 4.15. The number of benzene rings is 1. The molecule has 1 aliphatic rings. The number of primary amides is 1. The second-order valence-corrected chi connectivity index (χ2v) is 4.15. The van der Waals surface area contributed by atoms with Crippen LogP contribution in [0, 0.1) is 0 Å². The van der Waals surface area contributed by atoms with Crippen molar-refractivity contribution in [3.8, 4) is 5.75 Å². The Morgan fingerprint density at radius 2 is 2.11 bits per heavy atom. The van der Waals surface area contributed by atoms with Crippen molar-refractivity contribution in [2.75, 3.05) is 13.7 Å². The van der Waals surface area contributed by atoms with Crippen LogP contribution in [0.2, 0.25) is 0 Å². The van der Waals surface area contributed by atoms with E-state index in [1.807, 2.05) is 41.4 Å². The van der Waals surface area contributed by atoms with E-state index < -0.39 is 0 Å². The summed E-state index contributed by atoms with van der Waals surface area (Å²) in [5.74, 6) is 0.477. The average molecular weight is 244 g/mol. The lowest BCUT2D eigenvalue weighted by Gasteiger charge is -2.23. The highest BCUT2D eigenvalue weighted by molar-refractivity contribution is 5.92. The third-order valence-electron chi connectivity index (χ3n) is 2.83. The molecule has 1 aliphatic heterocycles. The summed E-state index contributed by atoms with van der Waals surface area (Å²) in [5, 5.41) is 0. The van der Waals surface area contributed by atoms with Gasteiger partial charge in [-0.3, -0.25) is 4.79 Å². The number of allylic oxidation sites excluding steroid dienone is 2. The van der Waals surface area contributed by atoms with Gasteiger partial charge in [0.2, 0.25) is 5.91 Å². The molecule has 0 atom stereocenters. The molecule has 0 aliphatic carbocycles. The van der Waals surface area contributed by atoms with Crippen LogP contribution in [0.4, 0.5) is 0 Å². The first-order valence-electron chi connectivity index (χ1n) is 5.73. The number of hydrogen-bond donors (Lipinski definition) is 1. The van der Waals surface area contributed by atoms with E-state index in [0.717, 1.165) is 17.9 Å². The lowest BCUT2D eigenvalue weighted by Crippen LogP contribution is -2.28. The average Bonchev–Trinajstić information content (AvgIpc) is 2.40. The maximum Gasteiger partial charge on any atom is 0.246 e. The summed E-state index contributed by atoms with van der Waals surface area (Å²) in [5.41, 5.74) is 7.07. The van der Waals surface area contributed by atoms with Gasteiger partial charge in [0, 0.05) is 18.7 Å². The fraction of sp³-hybridized carbons (Fsp3) is 0.214. The second kappa shape index (κ2) is 5.40. The van der Waals surface area contributed by atoms with E-state index >= 15 is 0 Å². The number of carbonyl (C=O) groups excluding carboxylic acids is 1. The minimum absolute atomic E-state index is 0.362. The van der Waals surface area contributed by atoms with Gasteiger partial charge >= 0.3 is 0 Å². The number of rotatable bonds is 4. The third-order valence-corrected chi connectivity index (χ3v) is 2.83. The van der Waals surface area contributed by atoms with Crippen LogP contribution in [0.3, 0.4) is 0 Å². The summed E-state index contributed by atoms with van der Waals surface area (Å²) in [7, 11) is 1.65. The summed E-state index contributed by atoms with van der Waals surface area (Å²) in [6.45, 7) is 1.29. The van der Waals surface area contributed by atoms with Crippen LogP contribution in [0.15, 0.2) is 48.2 Å². The zero-order valence-corrected chi connectivity index (χ0v) is 10.3. The molecule has 1 heterocycles. The third kappa shape index (κ3) is 2.91. The van der Waals surface area contributed by atoms with Crippen molar-refractivity contribution in [1.82, 2.24) is 4.90 Å². The predicted molar refractivity (Wildman–Crippen MR) is 69.8 cm³/mol. The first-order valence-corrected chi connectivity index (χ1v) is 5.73. The van der Waals surface area contributed by atoms with Crippen LogP contribution in [0.25, 0.3) is 0 Å². The predicted octanol–water partition coefficient (Wildman–Crippen LogP) is 1.44. The Bertz CT molecular complexity index is 489. The molecule has 0 bridgehead atoms. The largest absolute Gasteiger partial charge is 0.497 e. The van der Waals surface area contributed by atoms with Crippen LogP contribution >= 0.6 is 0 Å². The molecule has 2 N–H and O–H groups in total. The Kier molecular flexibility index (Phi) is 3.67. The van der Waals surface area contributed by atoms with E-state index in [2.05, 4.69) is 0 Å². The summed E-state index contributed by atoms with van der Waals surface area (Å²) in [4.78, 5) is 13.2. The molecule has 1 amide bonds. The van der Waals surface area contributed by atoms with Crippen molar-refractivity contribution in [3.63, 3.8) is 0 Å². The summed E-state index contributed by atoms with van der Waals surface area (Å²) < 4.78 is 5.11. The van der Waals surface area contributed by atoms with Gasteiger partial charge in [-0.2, -0.15) is 0 Å². The summed E-state index contributed by atoms with van der Waals surface area (Å²) >= 11 is 0. The number of hydrogen-bond acceptors (Lipinski definition) is 3. The molecule has 0 unspecified atom stereocenters. The summed E-state index contributed by atoms with van der Waals surface area (Å²) in [6, 6.07) is 7.87. The van der Waals surface area contributed by atoms with E-state index in [4.69, 9.17) is 10.5 Å². The van der Waals surface area contributed by atoms with Crippen molar-refractivity contribution in [3.05, 3.63) is 53.8 Å². The quantitative estimate of drug-likeness (QED) is 0.871. The molecular formula is C14H16N2O2. The van der Waals surface area contributed by atoms with Crippen LogP contribution in [0.5, 0.6) is 5.75 Å². The zero-order chi connectivity index (χ0) is 13.0. The standard InChI is InChI=1S/C14H16N2O2/c1-18-13-6-4-11(5-7-13)9-16-8-2-3-12(10-16)14(15)17/h2-8H,9-10H2,1H3,(H2,15,17). The van der Waals surface area contributed by atoms with E-state index in [-0.39, 0.29) is 5.91 Å². The number of methoxy groups -OCH3 is 1. The van der Waals surface area contributed by atoms with E-state index in [9.17, 15) is 4.79 Å². The number of carbonyl (C=O) groups is 1. The Balaban J connectivity index is 2.00. The minimum atomic E-state index is -0.362. The normalized spacial score (nSPS) is 14.3. The molecule has 1 aromatic rings. The van der Waals surface area contributed by atoms with Gasteiger partial charge in [0.15, 0.2) is 0 Å². The Labute approximate surface area is 106 Å². The molecule has 4 heteroatoms. The Morgan fingerprint density at radius 3 is 2.72 bits per heavy atom. The first kappa shape index (κ1) is 12.2. The van der Waals surface area contributed by atoms with Crippen molar-refractivity contribution < 1.29 is 9.53 Å². The van der Waals surface area contributed by atoms with Crippen molar-refractivity contribution in [1.29, 1.82) is 0 Å². The number of ether oxygens (including phenoxy) is 1.